The van der Waals surface area contributed by atoms with Gasteiger partial charge in [0.2, 0.25) is 0 Å². The van der Waals surface area contributed by atoms with Crippen LogP contribution in [-0.2, 0) is 16.3 Å². The van der Waals surface area contributed by atoms with E-state index >= 15 is 0 Å². The average Bonchev–Trinajstić information content (AvgIpc) is 2.95. The highest BCUT2D eigenvalue weighted by Crippen LogP contribution is 2.29. The van der Waals surface area contributed by atoms with E-state index in [4.69, 9.17) is 27.9 Å². The number of urea groups is 1. The number of nitrogens with zero attached hydrogens (tertiary/aromatic N) is 2. The summed E-state index contributed by atoms with van der Waals surface area (Å²) in [6.07, 6.45) is 2.96. The summed E-state index contributed by atoms with van der Waals surface area (Å²) in [6, 6.07) is 4.38. The Hall–Kier alpha value is -2.25. The second-order valence-corrected chi connectivity index (χ2v) is 7.07. The van der Waals surface area contributed by atoms with Crippen molar-refractivity contribution in [3.05, 3.63) is 40.6 Å². The van der Waals surface area contributed by atoms with Crippen LogP contribution in [0.3, 0.4) is 0 Å². The molecule has 0 bridgehead atoms. The molecular formula is C16H18Cl2N4O3. The van der Waals surface area contributed by atoms with E-state index in [0.717, 1.165) is 0 Å². The van der Waals surface area contributed by atoms with Gasteiger partial charge in [-0.05, 0) is 32.9 Å². The third-order valence-corrected chi connectivity index (χ3v) is 3.66. The molecule has 2 amide bonds. The number of carbonyl (C=O) groups excluding carboxylic acids is 2. The van der Waals surface area contributed by atoms with Crippen molar-refractivity contribution < 1.29 is 14.3 Å². The van der Waals surface area contributed by atoms with Gasteiger partial charge in [0.05, 0.1) is 39.2 Å². The highest BCUT2D eigenvalue weighted by Gasteiger charge is 2.23. The van der Waals surface area contributed by atoms with E-state index in [1.165, 1.54) is 17.1 Å². The number of hydrogen-bond acceptors (Lipinski definition) is 4. The van der Waals surface area contributed by atoms with Crippen LogP contribution in [-0.4, -0.2) is 21.8 Å². The Morgan fingerprint density at radius 3 is 2.44 bits per heavy atom. The monoisotopic (exact) mass is 384 g/mol. The van der Waals surface area contributed by atoms with E-state index in [9.17, 15) is 9.59 Å². The van der Waals surface area contributed by atoms with Crippen LogP contribution in [0.15, 0.2) is 30.6 Å². The molecule has 0 aliphatic rings. The van der Waals surface area contributed by atoms with Gasteiger partial charge in [0.25, 0.3) is 0 Å². The van der Waals surface area contributed by atoms with Crippen molar-refractivity contribution >= 4 is 46.6 Å². The molecule has 9 heteroatoms. The van der Waals surface area contributed by atoms with Gasteiger partial charge in [-0.3, -0.25) is 4.79 Å². The predicted octanol–water partition coefficient (Wildman–Crippen LogP) is 4.38. The van der Waals surface area contributed by atoms with Crippen molar-refractivity contribution in [2.45, 2.75) is 27.5 Å². The van der Waals surface area contributed by atoms with Crippen LogP contribution in [0.4, 0.5) is 16.2 Å². The number of ether oxygens (including phenoxy) is 1. The van der Waals surface area contributed by atoms with Crippen LogP contribution in [0.1, 0.15) is 20.8 Å². The zero-order valence-corrected chi connectivity index (χ0v) is 15.5. The van der Waals surface area contributed by atoms with Crippen molar-refractivity contribution in [1.82, 2.24) is 9.78 Å². The maximum atomic E-state index is 12.0. The Bertz CT molecular complexity index is 764. The third kappa shape index (κ3) is 5.37. The van der Waals surface area contributed by atoms with Crippen LogP contribution >= 0.6 is 23.2 Å². The summed E-state index contributed by atoms with van der Waals surface area (Å²) < 4.78 is 6.53. The number of aromatic nitrogens is 2. The molecule has 0 aliphatic heterocycles. The van der Waals surface area contributed by atoms with Crippen molar-refractivity contribution in [1.29, 1.82) is 0 Å². The van der Waals surface area contributed by atoms with Gasteiger partial charge in [0, 0.05) is 0 Å². The molecule has 0 fully saturated rings. The molecule has 0 radical (unpaired) electrons. The Kier molecular flexibility index (Phi) is 5.92. The summed E-state index contributed by atoms with van der Waals surface area (Å²) in [5.74, 6) is -0.344. The van der Waals surface area contributed by atoms with E-state index in [2.05, 4.69) is 15.7 Å². The standard InChI is InChI=1S/C16H18Cl2N4O3/c1-16(2,3)14(23)25-9-22-8-10(7-19-22)20-15(24)21-13-11(17)5-4-6-12(13)18/h4-8H,9H2,1-3H3,(H2,20,21,24). The Balaban J connectivity index is 1.92. The number of benzene rings is 1. The highest BCUT2D eigenvalue weighted by molar-refractivity contribution is 6.39. The van der Waals surface area contributed by atoms with Crippen LogP contribution in [0, 0.1) is 5.41 Å². The largest absolute Gasteiger partial charge is 0.442 e. The molecule has 0 aliphatic carbocycles. The SMILES string of the molecule is CC(C)(C)C(=O)OCn1cc(NC(=O)Nc2c(Cl)cccc2Cl)cn1. The molecule has 7 nitrogen and oxygen atoms in total. The summed E-state index contributed by atoms with van der Waals surface area (Å²) in [5, 5.41) is 9.82. The van der Waals surface area contributed by atoms with E-state index in [-0.39, 0.29) is 12.7 Å². The average molecular weight is 385 g/mol. The lowest BCUT2D eigenvalue weighted by Gasteiger charge is -2.16. The Labute approximate surface area is 155 Å². The minimum atomic E-state index is -0.595. The molecule has 0 atom stereocenters. The lowest BCUT2D eigenvalue weighted by Crippen LogP contribution is -2.24. The molecule has 1 aromatic carbocycles. The number of rotatable bonds is 4. The summed E-state index contributed by atoms with van der Waals surface area (Å²) in [4.78, 5) is 23.8. The lowest BCUT2D eigenvalue weighted by atomic mass is 9.98. The van der Waals surface area contributed by atoms with Gasteiger partial charge in [-0.2, -0.15) is 5.10 Å². The molecule has 0 spiro atoms. The fourth-order valence-electron chi connectivity index (χ4n) is 1.73. The number of esters is 1. The molecule has 2 rings (SSSR count). The van der Waals surface area contributed by atoms with Crippen molar-refractivity contribution in [2.75, 3.05) is 10.6 Å². The molecule has 134 valence electrons. The first kappa shape index (κ1) is 19.1. The first-order valence-electron chi connectivity index (χ1n) is 7.38. The van der Waals surface area contributed by atoms with Gasteiger partial charge in [-0.15, -0.1) is 0 Å². The smallest absolute Gasteiger partial charge is 0.323 e. The summed E-state index contributed by atoms with van der Waals surface area (Å²) in [6.45, 7) is 5.23. The predicted molar refractivity (Wildman–Crippen MR) is 96.9 cm³/mol. The normalized spacial score (nSPS) is 11.1. The number of nitrogens with one attached hydrogen (secondary N) is 2. The number of amides is 2. The van der Waals surface area contributed by atoms with Gasteiger partial charge in [0.1, 0.15) is 0 Å². The van der Waals surface area contributed by atoms with Crippen molar-refractivity contribution in [3.8, 4) is 0 Å². The van der Waals surface area contributed by atoms with Crippen LogP contribution in [0.5, 0.6) is 0 Å². The number of carbonyl (C=O) groups is 2. The van der Waals surface area contributed by atoms with Crippen LogP contribution in [0.25, 0.3) is 0 Å². The summed E-state index contributed by atoms with van der Waals surface area (Å²) in [7, 11) is 0. The quantitative estimate of drug-likeness (QED) is 0.765. The molecular weight excluding hydrogens is 367 g/mol. The number of halogens is 2. The van der Waals surface area contributed by atoms with E-state index in [1.807, 2.05) is 0 Å². The summed E-state index contributed by atoms with van der Waals surface area (Å²) in [5.41, 5.74) is 0.143. The Morgan fingerprint density at radius 1 is 1.20 bits per heavy atom. The number of hydrogen-bond donors (Lipinski definition) is 2. The van der Waals surface area contributed by atoms with Gasteiger partial charge >= 0.3 is 12.0 Å². The maximum Gasteiger partial charge on any atom is 0.323 e. The van der Waals surface area contributed by atoms with E-state index in [1.54, 1.807) is 39.0 Å². The molecule has 1 heterocycles. The fraction of sp³-hybridized carbons (Fsp3) is 0.312. The van der Waals surface area contributed by atoms with E-state index in [0.29, 0.717) is 21.4 Å². The van der Waals surface area contributed by atoms with Crippen LogP contribution in [0.2, 0.25) is 10.0 Å². The van der Waals surface area contributed by atoms with Crippen molar-refractivity contribution in [3.63, 3.8) is 0 Å². The van der Waals surface area contributed by atoms with Crippen LogP contribution < -0.4 is 10.6 Å². The maximum absolute atomic E-state index is 12.0. The first-order valence-corrected chi connectivity index (χ1v) is 8.14. The Morgan fingerprint density at radius 2 is 1.84 bits per heavy atom. The first-order chi connectivity index (χ1) is 11.7. The lowest BCUT2D eigenvalue weighted by molar-refractivity contribution is -0.157. The van der Waals surface area contributed by atoms with Gasteiger partial charge in [-0.1, -0.05) is 29.3 Å². The number of para-hydroxylation sites is 1. The number of anilines is 2. The molecule has 0 saturated heterocycles. The molecule has 0 unspecified atom stereocenters. The van der Waals surface area contributed by atoms with Gasteiger partial charge in [0.15, 0.2) is 6.73 Å². The van der Waals surface area contributed by atoms with Gasteiger partial charge < -0.3 is 15.4 Å². The third-order valence-electron chi connectivity index (χ3n) is 3.03. The second kappa shape index (κ2) is 7.76. The summed E-state index contributed by atoms with van der Waals surface area (Å²) >= 11 is 12.0. The minimum absolute atomic E-state index is 0.0459. The molecule has 0 saturated carbocycles. The molecule has 25 heavy (non-hydrogen) atoms. The fourth-order valence-corrected chi connectivity index (χ4v) is 2.23. The highest BCUT2D eigenvalue weighted by atomic mass is 35.5. The molecule has 2 aromatic rings. The van der Waals surface area contributed by atoms with E-state index < -0.39 is 11.4 Å². The second-order valence-electron chi connectivity index (χ2n) is 6.26. The van der Waals surface area contributed by atoms with Gasteiger partial charge in [-0.25, -0.2) is 9.48 Å². The van der Waals surface area contributed by atoms with Crippen molar-refractivity contribution in [2.24, 2.45) is 5.41 Å². The topological polar surface area (TPSA) is 85.2 Å². The molecule has 1 aromatic heterocycles. The molecule has 2 N–H and O–H groups in total. The zero-order chi connectivity index (χ0) is 18.6. The zero-order valence-electron chi connectivity index (χ0n) is 14.0. The minimum Gasteiger partial charge on any atom is -0.442 e.